The molecule has 3 rings (SSSR count). The molecule has 24 heavy (non-hydrogen) atoms. The van der Waals surface area contributed by atoms with Gasteiger partial charge in [-0.3, -0.25) is 9.35 Å². The van der Waals surface area contributed by atoms with E-state index in [9.17, 15) is 28.2 Å². The predicted molar refractivity (Wildman–Crippen MR) is 83.2 cm³/mol. The van der Waals surface area contributed by atoms with E-state index in [-0.39, 0.29) is 54.0 Å². The fourth-order valence-electron chi connectivity index (χ4n) is 2.84. The predicted octanol–water partition coefficient (Wildman–Crippen LogP) is -0.931. The van der Waals surface area contributed by atoms with E-state index in [0.29, 0.717) is 4.31 Å². The zero-order chi connectivity index (χ0) is 16.9. The third kappa shape index (κ3) is 3.05. The summed E-state index contributed by atoms with van der Waals surface area (Å²) in [6, 6.07) is 1.32. The van der Waals surface area contributed by atoms with Crippen LogP contribution >= 0.6 is 0 Å². The third-order valence-electron chi connectivity index (χ3n) is 3.87. The van der Waals surface area contributed by atoms with Gasteiger partial charge in [0.15, 0.2) is 11.5 Å². The van der Waals surface area contributed by atoms with E-state index in [1.54, 1.807) is 0 Å². The number of nitrogens with zero attached hydrogens (tertiary/aromatic N) is 2. The van der Waals surface area contributed by atoms with Crippen molar-refractivity contribution in [2.75, 3.05) is 11.9 Å². The molecule has 0 aromatic heterocycles. The van der Waals surface area contributed by atoms with Gasteiger partial charge < -0.3 is 20.4 Å². The standard InChI is InChI=1S/C12H13N3O7S.Na.H/c16-8-2-1-6(5-9(8)17)13-12(19)14-4-3-7-10(14)11(18)15(7)23(20,21)22;;/h1-2,5,7,10,16-17H,3-4H2,(H,13,19)(H,20,21,22);;/t7-,10+;;/m1../s1. The molecular formula is C12H14N3NaO7S. The quantitative estimate of drug-likeness (QED) is 0.173. The average Bonchev–Trinajstić information content (AvgIpc) is 2.80. The Morgan fingerprint density at radius 3 is 2.50 bits per heavy atom. The van der Waals surface area contributed by atoms with Crippen LogP contribution < -0.4 is 5.32 Å². The molecule has 0 bridgehead atoms. The Kier molecular flexibility index (Phi) is 5.02. The number of anilines is 1. The first-order valence-electron chi connectivity index (χ1n) is 6.60. The Hall–Kier alpha value is -1.53. The normalized spacial score (nSPS) is 22.5. The second-order valence-corrected chi connectivity index (χ2v) is 6.53. The molecule has 2 fully saturated rings. The van der Waals surface area contributed by atoms with Gasteiger partial charge in [0.1, 0.15) is 6.04 Å². The number of carbonyl (C=O) groups is 2. The second-order valence-electron chi connectivity index (χ2n) is 5.24. The molecule has 0 aliphatic carbocycles. The zero-order valence-electron chi connectivity index (χ0n) is 11.6. The number of hydrogen-bond acceptors (Lipinski definition) is 6. The van der Waals surface area contributed by atoms with Crippen LogP contribution in [0.3, 0.4) is 0 Å². The Morgan fingerprint density at radius 2 is 1.92 bits per heavy atom. The van der Waals surface area contributed by atoms with Crippen molar-refractivity contribution in [1.29, 1.82) is 0 Å². The Balaban J connectivity index is 0.00000208. The molecule has 0 radical (unpaired) electrons. The SMILES string of the molecule is O=C(Nc1ccc(O)c(O)c1)N1CC[C@@H]2[C@H]1C(=O)N2S(=O)(=O)O.[NaH]. The third-order valence-corrected chi connectivity index (χ3v) is 4.82. The summed E-state index contributed by atoms with van der Waals surface area (Å²) in [5.41, 5.74) is 0.201. The van der Waals surface area contributed by atoms with Gasteiger partial charge in [-0.15, -0.1) is 0 Å². The average molecular weight is 367 g/mol. The van der Waals surface area contributed by atoms with Crippen molar-refractivity contribution in [3.8, 4) is 11.5 Å². The first kappa shape index (κ1) is 18.8. The fraction of sp³-hybridized carbons (Fsp3) is 0.333. The number of phenolic OH excluding ortho intramolecular Hbond substituents is 2. The molecule has 3 amide bonds. The monoisotopic (exact) mass is 367 g/mol. The molecule has 4 N–H and O–H groups in total. The van der Waals surface area contributed by atoms with Crippen LogP contribution in [-0.4, -0.2) is 92.5 Å². The molecule has 2 heterocycles. The van der Waals surface area contributed by atoms with Gasteiger partial charge in [0.25, 0.3) is 5.91 Å². The Bertz CT molecular complexity index is 800. The minimum atomic E-state index is -4.62. The Labute approximate surface area is 159 Å². The van der Waals surface area contributed by atoms with Crippen LogP contribution in [0.4, 0.5) is 10.5 Å². The van der Waals surface area contributed by atoms with Crippen molar-refractivity contribution in [2.45, 2.75) is 18.5 Å². The number of β-lactam (4-membered cyclic amide) rings is 1. The van der Waals surface area contributed by atoms with Crippen LogP contribution in [0.15, 0.2) is 18.2 Å². The number of rotatable bonds is 2. The van der Waals surface area contributed by atoms with E-state index in [2.05, 4.69) is 5.32 Å². The van der Waals surface area contributed by atoms with Crippen LogP contribution in [0, 0.1) is 0 Å². The van der Waals surface area contributed by atoms with E-state index >= 15 is 0 Å². The fourth-order valence-corrected chi connectivity index (χ4v) is 3.74. The topological polar surface area (TPSA) is 147 Å². The van der Waals surface area contributed by atoms with Gasteiger partial charge in [0.05, 0.1) is 6.04 Å². The van der Waals surface area contributed by atoms with Gasteiger partial charge in [-0.05, 0) is 18.6 Å². The summed E-state index contributed by atoms with van der Waals surface area (Å²) < 4.78 is 31.5. The summed E-state index contributed by atoms with van der Waals surface area (Å²) in [6.07, 6.45) is 0.227. The summed E-state index contributed by atoms with van der Waals surface area (Å²) in [4.78, 5) is 25.2. The van der Waals surface area contributed by atoms with Gasteiger partial charge in [0, 0.05) is 18.3 Å². The molecule has 2 saturated heterocycles. The molecular weight excluding hydrogens is 353 g/mol. The van der Waals surface area contributed by atoms with Gasteiger partial charge in [-0.25, -0.2) is 9.10 Å². The maximum atomic E-state index is 12.2. The van der Waals surface area contributed by atoms with Crippen LogP contribution in [0.2, 0.25) is 0 Å². The van der Waals surface area contributed by atoms with Crippen LogP contribution in [-0.2, 0) is 15.1 Å². The van der Waals surface area contributed by atoms with Crippen LogP contribution in [0.1, 0.15) is 6.42 Å². The van der Waals surface area contributed by atoms with Crippen LogP contribution in [0.25, 0.3) is 0 Å². The molecule has 0 spiro atoms. The zero-order valence-corrected chi connectivity index (χ0v) is 12.4. The summed E-state index contributed by atoms with van der Waals surface area (Å²) in [5, 5.41) is 21.0. The number of fused-ring (bicyclic) bond motifs is 1. The first-order valence-corrected chi connectivity index (χ1v) is 8.00. The van der Waals surface area contributed by atoms with Crippen molar-refractivity contribution in [2.24, 2.45) is 0 Å². The number of hydrogen-bond donors (Lipinski definition) is 4. The van der Waals surface area contributed by atoms with Crippen molar-refractivity contribution in [3.63, 3.8) is 0 Å². The molecule has 12 heteroatoms. The van der Waals surface area contributed by atoms with Crippen LogP contribution in [0.5, 0.6) is 11.5 Å². The number of benzene rings is 1. The van der Waals surface area contributed by atoms with Gasteiger partial charge in [-0.2, -0.15) is 8.42 Å². The van der Waals surface area contributed by atoms with E-state index in [4.69, 9.17) is 4.55 Å². The molecule has 1 aromatic carbocycles. The van der Waals surface area contributed by atoms with Gasteiger partial charge in [-0.1, -0.05) is 0 Å². The van der Waals surface area contributed by atoms with E-state index in [0.717, 1.165) is 6.07 Å². The number of phenols is 2. The van der Waals surface area contributed by atoms with Crippen molar-refractivity contribution >= 4 is 57.5 Å². The van der Waals surface area contributed by atoms with E-state index < -0.39 is 40.1 Å². The molecule has 126 valence electrons. The van der Waals surface area contributed by atoms with Gasteiger partial charge in [0.2, 0.25) is 0 Å². The summed E-state index contributed by atoms with van der Waals surface area (Å²) in [7, 11) is -4.62. The number of urea groups is 1. The second kappa shape index (κ2) is 6.41. The molecule has 2 aliphatic heterocycles. The van der Waals surface area contributed by atoms with Crippen molar-refractivity contribution in [3.05, 3.63) is 18.2 Å². The molecule has 0 unspecified atom stereocenters. The first-order chi connectivity index (χ1) is 10.7. The molecule has 10 nitrogen and oxygen atoms in total. The van der Waals surface area contributed by atoms with Gasteiger partial charge >= 0.3 is 45.9 Å². The number of likely N-dealkylation sites (tertiary alicyclic amines) is 1. The van der Waals surface area contributed by atoms with Crippen molar-refractivity contribution < 1.29 is 32.8 Å². The summed E-state index contributed by atoms with van der Waals surface area (Å²) in [6.45, 7) is 0.142. The maximum absolute atomic E-state index is 12.2. The van der Waals surface area contributed by atoms with Crippen molar-refractivity contribution in [1.82, 2.24) is 9.21 Å². The minimum absolute atomic E-state index is 0. The molecule has 1 aromatic rings. The van der Waals surface area contributed by atoms with E-state index in [1.807, 2.05) is 0 Å². The Morgan fingerprint density at radius 1 is 1.25 bits per heavy atom. The molecule has 2 aliphatic rings. The van der Waals surface area contributed by atoms with E-state index in [1.165, 1.54) is 17.0 Å². The molecule has 0 saturated carbocycles. The summed E-state index contributed by atoms with van der Waals surface area (Å²) in [5.74, 6) is -1.62. The number of amides is 3. The summed E-state index contributed by atoms with van der Waals surface area (Å²) >= 11 is 0. The number of nitrogens with one attached hydrogen (secondary N) is 1. The molecule has 2 atom stereocenters. The number of carbonyl (C=O) groups excluding carboxylic acids is 2. The number of aromatic hydroxyl groups is 2.